The van der Waals surface area contributed by atoms with Gasteiger partial charge in [-0.15, -0.1) is 0 Å². The fourth-order valence-corrected chi connectivity index (χ4v) is 2.32. The maximum absolute atomic E-state index is 10.00. The molecule has 0 radical (unpaired) electrons. The van der Waals surface area contributed by atoms with Crippen LogP contribution < -0.4 is 0 Å². The van der Waals surface area contributed by atoms with Crippen LogP contribution in [0.3, 0.4) is 0 Å². The highest BCUT2D eigenvalue weighted by molar-refractivity contribution is 5.63. The zero-order chi connectivity index (χ0) is 13.5. The smallest absolute Gasteiger partial charge is 0.0580 e. The van der Waals surface area contributed by atoms with Crippen LogP contribution >= 0.6 is 0 Å². The van der Waals surface area contributed by atoms with Crippen LogP contribution in [0.4, 0.5) is 0 Å². The van der Waals surface area contributed by atoms with Crippen LogP contribution in [0.25, 0.3) is 11.1 Å². The minimum absolute atomic E-state index is 0.217. The van der Waals surface area contributed by atoms with Gasteiger partial charge in [0.2, 0.25) is 0 Å². The molecular formula is C18H22O. The lowest BCUT2D eigenvalue weighted by atomic mass is 9.99. The Hall–Kier alpha value is -1.60. The van der Waals surface area contributed by atoms with Gasteiger partial charge in [0.25, 0.3) is 0 Å². The summed E-state index contributed by atoms with van der Waals surface area (Å²) >= 11 is 0. The van der Waals surface area contributed by atoms with E-state index < -0.39 is 0 Å². The molecule has 0 aliphatic carbocycles. The maximum Gasteiger partial charge on any atom is 0.0580 e. The van der Waals surface area contributed by atoms with Crippen LogP contribution in [0.2, 0.25) is 0 Å². The Morgan fingerprint density at radius 2 is 1.68 bits per heavy atom. The molecule has 2 aromatic carbocycles. The fraction of sp³-hybridized carbons (Fsp3) is 0.333. The van der Waals surface area contributed by atoms with Gasteiger partial charge in [0.05, 0.1) is 6.10 Å². The quantitative estimate of drug-likeness (QED) is 0.807. The second kappa shape index (κ2) is 7.10. The van der Waals surface area contributed by atoms with Gasteiger partial charge < -0.3 is 5.11 Å². The highest BCUT2D eigenvalue weighted by atomic mass is 16.3. The van der Waals surface area contributed by atoms with E-state index in [0.717, 1.165) is 25.7 Å². The third kappa shape index (κ3) is 4.22. The van der Waals surface area contributed by atoms with Crippen LogP contribution in [-0.2, 0) is 6.42 Å². The summed E-state index contributed by atoms with van der Waals surface area (Å²) in [5.74, 6) is 0. The third-order valence-electron chi connectivity index (χ3n) is 3.40. The zero-order valence-electron chi connectivity index (χ0n) is 11.5. The molecule has 0 saturated heterocycles. The molecule has 0 fully saturated rings. The number of hydrogen-bond acceptors (Lipinski definition) is 1. The van der Waals surface area contributed by atoms with Gasteiger partial charge in [0.15, 0.2) is 0 Å². The Bertz CT molecular complexity index is 490. The molecule has 0 amide bonds. The normalized spacial score (nSPS) is 12.3. The van der Waals surface area contributed by atoms with Gasteiger partial charge in [0.1, 0.15) is 0 Å². The molecule has 0 bridgehead atoms. The molecule has 1 nitrogen and oxygen atoms in total. The molecule has 0 heterocycles. The van der Waals surface area contributed by atoms with E-state index in [-0.39, 0.29) is 6.10 Å². The summed E-state index contributed by atoms with van der Waals surface area (Å²) in [5, 5.41) is 10.00. The summed E-state index contributed by atoms with van der Waals surface area (Å²) in [4.78, 5) is 0. The van der Waals surface area contributed by atoms with E-state index in [0.29, 0.717) is 0 Å². The van der Waals surface area contributed by atoms with Gasteiger partial charge in [-0.1, -0.05) is 74.4 Å². The molecule has 2 rings (SSSR count). The molecule has 0 aliphatic rings. The molecule has 19 heavy (non-hydrogen) atoms. The van der Waals surface area contributed by atoms with E-state index in [1.54, 1.807) is 0 Å². The molecule has 1 atom stereocenters. The summed E-state index contributed by atoms with van der Waals surface area (Å²) in [6.07, 6.45) is 3.67. The second-order valence-corrected chi connectivity index (χ2v) is 5.07. The van der Waals surface area contributed by atoms with Crippen molar-refractivity contribution >= 4 is 0 Å². The third-order valence-corrected chi connectivity index (χ3v) is 3.40. The zero-order valence-corrected chi connectivity index (χ0v) is 11.5. The molecule has 2 aromatic rings. The molecule has 0 aromatic heterocycles. The van der Waals surface area contributed by atoms with Crippen molar-refractivity contribution in [3.63, 3.8) is 0 Å². The standard InChI is InChI=1S/C18H22O/c1-2-3-12-18(19)14-15-8-7-11-17(13-15)16-9-5-4-6-10-16/h4-11,13,18-19H,2-3,12,14H2,1H3/t18-/m0/s1. The first-order valence-corrected chi connectivity index (χ1v) is 7.12. The molecule has 0 spiro atoms. The van der Waals surface area contributed by atoms with Crippen LogP contribution in [0.15, 0.2) is 54.6 Å². The lowest BCUT2D eigenvalue weighted by Crippen LogP contribution is -2.10. The predicted octanol–water partition coefficient (Wildman–Crippen LogP) is 4.45. The van der Waals surface area contributed by atoms with Crippen molar-refractivity contribution < 1.29 is 5.11 Å². The van der Waals surface area contributed by atoms with Gasteiger partial charge in [-0.2, -0.15) is 0 Å². The van der Waals surface area contributed by atoms with Gasteiger partial charge in [-0.25, -0.2) is 0 Å². The van der Waals surface area contributed by atoms with Crippen molar-refractivity contribution in [2.45, 2.75) is 38.7 Å². The Kier molecular flexibility index (Phi) is 5.17. The number of aliphatic hydroxyl groups excluding tert-OH is 1. The van der Waals surface area contributed by atoms with Gasteiger partial charge >= 0.3 is 0 Å². The maximum atomic E-state index is 10.00. The Morgan fingerprint density at radius 3 is 2.42 bits per heavy atom. The first-order chi connectivity index (χ1) is 9.29. The topological polar surface area (TPSA) is 20.2 Å². The highest BCUT2D eigenvalue weighted by Crippen LogP contribution is 2.21. The number of hydrogen-bond donors (Lipinski definition) is 1. The summed E-state index contributed by atoms with van der Waals surface area (Å²) in [6, 6.07) is 18.9. The van der Waals surface area contributed by atoms with Gasteiger partial charge in [-0.3, -0.25) is 0 Å². The van der Waals surface area contributed by atoms with E-state index in [9.17, 15) is 5.11 Å². The minimum atomic E-state index is -0.217. The second-order valence-electron chi connectivity index (χ2n) is 5.07. The first kappa shape index (κ1) is 13.8. The average molecular weight is 254 g/mol. The monoisotopic (exact) mass is 254 g/mol. The van der Waals surface area contributed by atoms with Crippen LogP contribution in [-0.4, -0.2) is 11.2 Å². The van der Waals surface area contributed by atoms with Crippen molar-refractivity contribution in [3.05, 3.63) is 60.2 Å². The summed E-state index contributed by atoms with van der Waals surface area (Å²) < 4.78 is 0. The molecule has 1 heteroatoms. The molecule has 0 aliphatic heterocycles. The van der Waals surface area contributed by atoms with Crippen LogP contribution in [0, 0.1) is 0 Å². The average Bonchev–Trinajstić information content (AvgIpc) is 2.46. The number of aliphatic hydroxyl groups is 1. The Balaban J connectivity index is 2.07. The predicted molar refractivity (Wildman–Crippen MR) is 81.1 cm³/mol. The first-order valence-electron chi connectivity index (χ1n) is 7.12. The SMILES string of the molecule is CCCC[C@H](O)Cc1cccc(-c2ccccc2)c1. The van der Waals surface area contributed by atoms with Crippen molar-refractivity contribution in [2.24, 2.45) is 0 Å². The fourth-order valence-electron chi connectivity index (χ4n) is 2.32. The molecule has 0 saturated carbocycles. The van der Waals surface area contributed by atoms with Crippen molar-refractivity contribution in [2.75, 3.05) is 0 Å². The van der Waals surface area contributed by atoms with E-state index in [1.807, 2.05) is 6.07 Å². The van der Waals surface area contributed by atoms with Crippen molar-refractivity contribution in [3.8, 4) is 11.1 Å². The highest BCUT2D eigenvalue weighted by Gasteiger charge is 2.06. The van der Waals surface area contributed by atoms with Gasteiger partial charge in [0, 0.05) is 0 Å². The van der Waals surface area contributed by atoms with Crippen molar-refractivity contribution in [1.82, 2.24) is 0 Å². The molecular weight excluding hydrogens is 232 g/mol. The summed E-state index contributed by atoms with van der Waals surface area (Å²) in [7, 11) is 0. The van der Waals surface area contributed by atoms with E-state index >= 15 is 0 Å². The van der Waals surface area contributed by atoms with E-state index in [4.69, 9.17) is 0 Å². The van der Waals surface area contributed by atoms with Crippen LogP contribution in [0.5, 0.6) is 0 Å². The molecule has 100 valence electrons. The van der Waals surface area contributed by atoms with Crippen LogP contribution in [0.1, 0.15) is 31.7 Å². The van der Waals surface area contributed by atoms with E-state index in [2.05, 4.69) is 55.5 Å². The largest absolute Gasteiger partial charge is 0.393 e. The number of rotatable bonds is 6. The lowest BCUT2D eigenvalue weighted by Gasteiger charge is -2.11. The summed E-state index contributed by atoms with van der Waals surface area (Å²) in [6.45, 7) is 2.16. The Labute approximate surface area is 115 Å². The number of unbranched alkanes of at least 4 members (excludes halogenated alkanes) is 1. The summed E-state index contributed by atoms with van der Waals surface area (Å²) in [5.41, 5.74) is 3.66. The van der Waals surface area contributed by atoms with Crippen molar-refractivity contribution in [1.29, 1.82) is 0 Å². The molecule has 1 N–H and O–H groups in total. The lowest BCUT2D eigenvalue weighted by molar-refractivity contribution is 0.162. The molecule has 0 unspecified atom stereocenters. The van der Waals surface area contributed by atoms with E-state index in [1.165, 1.54) is 16.7 Å². The van der Waals surface area contributed by atoms with Gasteiger partial charge in [-0.05, 0) is 29.5 Å². The Morgan fingerprint density at radius 1 is 0.947 bits per heavy atom. The number of benzene rings is 2. The minimum Gasteiger partial charge on any atom is -0.393 e.